The number of nitro benzene ring substituents is 1. The Morgan fingerprint density at radius 2 is 2.05 bits per heavy atom. The topological polar surface area (TPSA) is 84.3 Å². The predicted molar refractivity (Wildman–Crippen MR) is 79.7 cm³/mol. The van der Waals surface area contributed by atoms with Gasteiger partial charge in [-0.15, -0.1) is 0 Å². The number of nitrogens with one attached hydrogen (secondary N) is 2. The number of hydrogen-bond acceptors (Lipinski definition) is 4. The molecule has 6 nitrogen and oxygen atoms in total. The van der Waals surface area contributed by atoms with Crippen LogP contribution in [0.3, 0.4) is 0 Å². The number of para-hydroxylation sites is 2. The summed E-state index contributed by atoms with van der Waals surface area (Å²) in [6.45, 7) is 0.866. The highest BCUT2D eigenvalue weighted by Crippen LogP contribution is 2.26. The highest BCUT2D eigenvalue weighted by Gasteiger charge is 2.17. The maximum Gasteiger partial charge on any atom is 0.292 e. The summed E-state index contributed by atoms with van der Waals surface area (Å²) in [5.74, 6) is -0.348. The summed E-state index contributed by atoms with van der Waals surface area (Å²) in [6, 6.07) is 11.5. The Balaban J connectivity index is 1.85. The van der Waals surface area contributed by atoms with Gasteiger partial charge >= 0.3 is 0 Å². The van der Waals surface area contributed by atoms with Crippen LogP contribution < -0.4 is 10.6 Å². The number of anilines is 2. The number of amides is 1. The molecule has 3 rings (SSSR count). The van der Waals surface area contributed by atoms with Crippen LogP contribution >= 0.6 is 0 Å². The molecule has 1 amide bonds. The van der Waals surface area contributed by atoms with Crippen LogP contribution in [0.4, 0.5) is 17.1 Å². The fourth-order valence-electron chi connectivity index (χ4n) is 2.38. The van der Waals surface area contributed by atoms with Crippen LogP contribution in [-0.2, 0) is 6.42 Å². The van der Waals surface area contributed by atoms with Gasteiger partial charge in [-0.25, -0.2) is 0 Å². The molecule has 2 N–H and O–H groups in total. The van der Waals surface area contributed by atoms with Crippen molar-refractivity contribution in [1.82, 2.24) is 0 Å². The van der Waals surface area contributed by atoms with Crippen LogP contribution in [0.2, 0.25) is 0 Å². The van der Waals surface area contributed by atoms with E-state index >= 15 is 0 Å². The molecular weight excluding hydrogens is 270 g/mol. The SMILES string of the molecule is O=C(Nc1ccccc1[N+](=O)[O-])c1ccc2c(c1)CCN2. The fourth-order valence-corrected chi connectivity index (χ4v) is 2.38. The molecule has 0 aliphatic carbocycles. The second kappa shape index (κ2) is 5.24. The summed E-state index contributed by atoms with van der Waals surface area (Å²) < 4.78 is 0. The lowest BCUT2D eigenvalue weighted by atomic mass is 10.1. The molecule has 0 saturated heterocycles. The summed E-state index contributed by atoms with van der Waals surface area (Å²) in [6.07, 6.45) is 0.877. The minimum atomic E-state index is -0.512. The zero-order valence-electron chi connectivity index (χ0n) is 11.1. The molecule has 0 bridgehead atoms. The van der Waals surface area contributed by atoms with Gasteiger partial charge in [-0.1, -0.05) is 12.1 Å². The van der Waals surface area contributed by atoms with Crippen molar-refractivity contribution in [3.05, 3.63) is 63.7 Å². The van der Waals surface area contributed by atoms with Gasteiger partial charge < -0.3 is 10.6 Å². The van der Waals surface area contributed by atoms with E-state index in [1.54, 1.807) is 18.2 Å². The van der Waals surface area contributed by atoms with Gasteiger partial charge in [0.1, 0.15) is 5.69 Å². The molecule has 0 radical (unpaired) electrons. The van der Waals surface area contributed by atoms with Crippen molar-refractivity contribution in [2.24, 2.45) is 0 Å². The van der Waals surface area contributed by atoms with E-state index in [4.69, 9.17) is 0 Å². The van der Waals surface area contributed by atoms with Gasteiger partial charge in [-0.3, -0.25) is 14.9 Å². The summed E-state index contributed by atoms with van der Waals surface area (Å²) in [5.41, 5.74) is 2.71. The Kier molecular flexibility index (Phi) is 3.27. The Labute approximate surface area is 120 Å². The highest BCUT2D eigenvalue weighted by atomic mass is 16.6. The second-order valence-corrected chi connectivity index (χ2v) is 4.78. The Morgan fingerprint density at radius 1 is 1.24 bits per heavy atom. The third-order valence-corrected chi connectivity index (χ3v) is 3.43. The lowest BCUT2D eigenvalue weighted by Crippen LogP contribution is -2.13. The van der Waals surface area contributed by atoms with Crippen molar-refractivity contribution in [2.45, 2.75) is 6.42 Å². The van der Waals surface area contributed by atoms with Crippen LogP contribution in [0.1, 0.15) is 15.9 Å². The standard InChI is InChI=1S/C15H13N3O3/c19-15(11-5-6-12-10(9-11)7-8-16-12)17-13-3-1-2-4-14(13)18(20)21/h1-6,9,16H,7-8H2,(H,17,19). The van der Waals surface area contributed by atoms with Crippen LogP contribution in [0.25, 0.3) is 0 Å². The van der Waals surface area contributed by atoms with E-state index in [2.05, 4.69) is 10.6 Å². The van der Waals surface area contributed by atoms with E-state index in [0.29, 0.717) is 5.56 Å². The van der Waals surface area contributed by atoms with E-state index in [9.17, 15) is 14.9 Å². The number of benzene rings is 2. The summed E-state index contributed by atoms with van der Waals surface area (Å²) in [5, 5.41) is 16.8. The van der Waals surface area contributed by atoms with Crippen LogP contribution in [0.15, 0.2) is 42.5 Å². The van der Waals surface area contributed by atoms with Crippen molar-refractivity contribution in [3.63, 3.8) is 0 Å². The first-order valence-corrected chi connectivity index (χ1v) is 6.57. The molecule has 2 aromatic rings. The molecule has 0 fully saturated rings. The third-order valence-electron chi connectivity index (χ3n) is 3.43. The molecule has 6 heteroatoms. The molecule has 21 heavy (non-hydrogen) atoms. The number of nitrogens with zero attached hydrogens (tertiary/aromatic N) is 1. The van der Waals surface area contributed by atoms with Crippen LogP contribution in [0.5, 0.6) is 0 Å². The Morgan fingerprint density at radius 3 is 2.86 bits per heavy atom. The van der Waals surface area contributed by atoms with Gasteiger partial charge in [0.25, 0.3) is 11.6 Å². The molecule has 1 heterocycles. The average molecular weight is 283 g/mol. The number of hydrogen-bond donors (Lipinski definition) is 2. The van der Waals surface area contributed by atoms with Crippen molar-refractivity contribution >= 4 is 23.0 Å². The van der Waals surface area contributed by atoms with Crippen LogP contribution in [0, 0.1) is 10.1 Å². The maximum atomic E-state index is 12.2. The van der Waals surface area contributed by atoms with E-state index in [0.717, 1.165) is 24.2 Å². The zero-order chi connectivity index (χ0) is 14.8. The largest absolute Gasteiger partial charge is 0.384 e. The number of carbonyl (C=O) groups is 1. The van der Waals surface area contributed by atoms with Crippen LogP contribution in [-0.4, -0.2) is 17.4 Å². The van der Waals surface area contributed by atoms with Gasteiger partial charge in [0, 0.05) is 23.9 Å². The van der Waals surface area contributed by atoms with Gasteiger partial charge in [0.05, 0.1) is 4.92 Å². The van der Waals surface area contributed by atoms with Gasteiger partial charge in [-0.2, -0.15) is 0 Å². The molecular formula is C15H13N3O3. The smallest absolute Gasteiger partial charge is 0.292 e. The number of nitro groups is 1. The first-order valence-electron chi connectivity index (χ1n) is 6.57. The maximum absolute atomic E-state index is 12.2. The average Bonchev–Trinajstić information content (AvgIpc) is 2.94. The molecule has 2 aromatic carbocycles. The predicted octanol–water partition coefficient (Wildman–Crippen LogP) is 2.82. The molecule has 1 aliphatic rings. The first-order chi connectivity index (χ1) is 10.1. The Hall–Kier alpha value is -2.89. The lowest BCUT2D eigenvalue weighted by Gasteiger charge is -2.07. The minimum Gasteiger partial charge on any atom is -0.384 e. The minimum absolute atomic E-state index is 0.117. The van der Waals surface area contributed by atoms with Gasteiger partial charge in [0.2, 0.25) is 0 Å². The summed E-state index contributed by atoms with van der Waals surface area (Å²) >= 11 is 0. The van der Waals surface area contributed by atoms with E-state index < -0.39 is 4.92 Å². The lowest BCUT2D eigenvalue weighted by molar-refractivity contribution is -0.383. The van der Waals surface area contributed by atoms with Crippen molar-refractivity contribution < 1.29 is 9.72 Å². The molecule has 0 aromatic heterocycles. The van der Waals surface area contributed by atoms with Crippen molar-refractivity contribution in [3.8, 4) is 0 Å². The monoisotopic (exact) mass is 283 g/mol. The van der Waals surface area contributed by atoms with Crippen molar-refractivity contribution in [1.29, 1.82) is 0 Å². The fraction of sp³-hybridized carbons (Fsp3) is 0.133. The molecule has 106 valence electrons. The molecule has 0 atom stereocenters. The zero-order valence-corrected chi connectivity index (χ0v) is 11.1. The number of rotatable bonds is 3. The molecule has 0 spiro atoms. The molecule has 0 saturated carbocycles. The van der Waals surface area contributed by atoms with Crippen molar-refractivity contribution in [2.75, 3.05) is 17.2 Å². The number of fused-ring (bicyclic) bond motifs is 1. The molecule has 1 aliphatic heterocycles. The third kappa shape index (κ3) is 2.55. The van der Waals surface area contributed by atoms with E-state index in [1.165, 1.54) is 12.1 Å². The molecule has 0 unspecified atom stereocenters. The summed E-state index contributed by atoms with van der Waals surface area (Å²) in [4.78, 5) is 22.7. The van der Waals surface area contributed by atoms with Gasteiger partial charge in [-0.05, 0) is 36.2 Å². The van der Waals surface area contributed by atoms with E-state index in [1.807, 2.05) is 12.1 Å². The number of carbonyl (C=O) groups excluding carboxylic acids is 1. The normalized spacial score (nSPS) is 12.4. The Bertz CT molecular complexity index is 728. The first kappa shape index (κ1) is 13.1. The highest BCUT2D eigenvalue weighted by molar-refractivity contribution is 6.05. The second-order valence-electron chi connectivity index (χ2n) is 4.78. The van der Waals surface area contributed by atoms with E-state index in [-0.39, 0.29) is 17.3 Å². The van der Waals surface area contributed by atoms with Gasteiger partial charge in [0.15, 0.2) is 0 Å². The summed E-state index contributed by atoms with van der Waals surface area (Å²) in [7, 11) is 0. The quantitative estimate of drug-likeness (QED) is 0.670.